The maximum Gasteiger partial charge on any atom is 0.309 e. The second kappa shape index (κ2) is 28.5. The molecule has 2 N–H and O–H groups in total. The topological polar surface area (TPSA) is 233 Å². The van der Waals surface area contributed by atoms with Gasteiger partial charge in [-0.3, -0.25) is 19.2 Å². The SMILES string of the molecule is CCC(=O)O[C@@H]1CC(=O)O[C@@H](C/C=C/c2ccc(-n3cccn3)cc2)CCCN(C)C[C@H](O)[C@H](C)C[C@H](CC=O)[C@H](O[C@@H]2OC(C)[C@H](O[C@H]3CC(C)(OC(C)=O)[C@@H](OC(=O)CC)C(C)O3)C(N(C)C)C2O)[C@H]1OC. The number of hydrogen-bond donors (Lipinski definition) is 2. The largest absolute Gasteiger partial charge is 0.462 e. The minimum absolute atomic E-state index is 0.0250. The lowest BCUT2D eigenvalue weighted by molar-refractivity contribution is -0.344. The zero-order valence-electron chi connectivity index (χ0n) is 45.1. The minimum atomic E-state index is -1.44. The Balaban J connectivity index is 1.44. The van der Waals surface area contributed by atoms with Gasteiger partial charge in [-0.15, -0.1) is 0 Å². The number of β-amino-alcohol motifs (C(OH)–C–C–N with tert-alkyl or cyclic N) is 1. The van der Waals surface area contributed by atoms with E-state index in [-0.39, 0.29) is 32.1 Å². The number of esters is 4. The average molecular weight is 1040 g/mol. The Morgan fingerprint density at radius 3 is 2.28 bits per heavy atom. The van der Waals surface area contributed by atoms with Gasteiger partial charge in [0.2, 0.25) is 0 Å². The highest BCUT2D eigenvalue weighted by molar-refractivity contribution is 5.73. The average Bonchev–Trinajstić information content (AvgIpc) is 3.88. The van der Waals surface area contributed by atoms with Crippen LogP contribution in [0.15, 0.2) is 48.8 Å². The van der Waals surface area contributed by atoms with Crippen molar-refractivity contribution in [3.63, 3.8) is 0 Å². The molecule has 4 heterocycles. The highest BCUT2D eigenvalue weighted by Crippen LogP contribution is 2.39. The Labute approximate surface area is 436 Å². The van der Waals surface area contributed by atoms with Crippen LogP contribution in [0.3, 0.4) is 0 Å². The van der Waals surface area contributed by atoms with Crippen molar-refractivity contribution in [2.45, 2.75) is 192 Å². The zero-order chi connectivity index (χ0) is 54.3. The van der Waals surface area contributed by atoms with E-state index in [1.165, 1.54) is 14.0 Å². The molecule has 3 saturated heterocycles. The molecule has 0 bridgehead atoms. The summed E-state index contributed by atoms with van der Waals surface area (Å²) in [4.78, 5) is 68.7. The third kappa shape index (κ3) is 16.7. The quantitative estimate of drug-likeness (QED) is 0.123. The number of carbonyl (C=O) groups excluding carboxylic acids is 5. The van der Waals surface area contributed by atoms with Crippen LogP contribution in [0.4, 0.5) is 0 Å². The molecule has 3 aliphatic heterocycles. The Bertz CT molecular complexity index is 2110. The van der Waals surface area contributed by atoms with Crippen molar-refractivity contribution in [1.29, 1.82) is 0 Å². The van der Waals surface area contributed by atoms with Gasteiger partial charge >= 0.3 is 23.9 Å². The molecular formula is C54H82N4O16. The number of ether oxygens (including phenoxy) is 9. The number of carbonyl (C=O) groups is 5. The lowest BCUT2D eigenvalue weighted by Crippen LogP contribution is -2.66. The van der Waals surface area contributed by atoms with Gasteiger partial charge in [-0.2, -0.15) is 5.10 Å². The number of aliphatic hydroxyl groups is 2. The standard InChI is InChI=1S/C54H82N4O16/c1-12-43(62)70-42-30-45(64)69-40(18-14-17-37-20-22-39(23-21-37)58-27-16-25-55-58)19-15-26-57(10)32-41(61)33(3)29-38(24-28-59)50(51(42)66-11)73-53-48(65)47(56(8)9)49(34(4)68-53)72-46-31-54(7,74-36(6)60)52(35(5)67-46)71-44(63)13-2/h14,16-17,20-23,25,27-28,33-35,38,40-42,46-53,61,65H,12-13,15,18-19,24,26,29-32H2,1-11H3/b17-14+/t33-,34?,35?,38+,40+,41+,42-,46+,47?,48?,49+,50+,51+,52+,53+,54?/m1/s1. The third-order valence-corrected chi connectivity index (χ3v) is 14.2. The fourth-order valence-corrected chi connectivity index (χ4v) is 10.4. The summed E-state index contributed by atoms with van der Waals surface area (Å²) in [5.74, 6) is -3.46. The van der Waals surface area contributed by atoms with Gasteiger partial charge in [0.1, 0.15) is 36.8 Å². The molecule has 16 atom stereocenters. The van der Waals surface area contributed by atoms with E-state index in [9.17, 15) is 34.2 Å². The van der Waals surface area contributed by atoms with Crippen LogP contribution >= 0.6 is 0 Å². The number of aldehydes is 1. The number of aliphatic hydroxyl groups excluding tert-OH is 2. The third-order valence-electron chi connectivity index (χ3n) is 14.2. The summed E-state index contributed by atoms with van der Waals surface area (Å²) in [5.41, 5.74) is 0.521. The molecule has 0 saturated carbocycles. The minimum Gasteiger partial charge on any atom is -0.462 e. The van der Waals surface area contributed by atoms with Gasteiger partial charge in [-0.25, -0.2) is 4.68 Å². The van der Waals surface area contributed by atoms with E-state index in [1.807, 2.05) is 67.6 Å². The molecule has 74 heavy (non-hydrogen) atoms. The first kappa shape index (κ1) is 60.2. The first-order valence-corrected chi connectivity index (χ1v) is 26.0. The number of benzene rings is 1. The van der Waals surface area contributed by atoms with E-state index in [2.05, 4.69) is 5.10 Å². The van der Waals surface area contributed by atoms with Crippen LogP contribution in [0.2, 0.25) is 0 Å². The number of likely N-dealkylation sites (N-methyl/N-ethyl adjacent to an activating group) is 2. The predicted molar refractivity (Wildman–Crippen MR) is 270 cm³/mol. The molecule has 414 valence electrons. The van der Waals surface area contributed by atoms with Crippen molar-refractivity contribution in [1.82, 2.24) is 19.6 Å². The molecule has 5 rings (SSSR count). The summed E-state index contributed by atoms with van der Waals surface area (Å²) in [5, 5.41) is 28.3. The number of cyclic esters (lactones) is 1. The van der Waals surface area contributed by atoms with Gasteiger partial charge in [-0.1, -0.05) is 45.1 Å². The summed E-state index contributed by atoms with van der Waals surface area (Å²) in [6, 6.07) is 8.88. The van der Waals surface area contributed by atoms with Gasteiger partial charge in [0.25, 0.3) is 0 Å². The van der Waals surface area contributed by atoms with Gasteiger partial charge in [0.15, 0.2) is 24.3 Å². The number of hydrogen-bond acceptors (Lipinski definition) is 19. The molecule has 5 unspecified atom stereocenters. The van der Waals surface area contributed by atoms with Crippen LogP contribution in [-0.2, 0) is 66.6 Å². The van der Waals surface area contributed by atoms with Crippen LogP contribution in [0.1, 0.15) is 112 Å². The predicted octanol–water partition coefficient (Wildman–Crippen LogP) is 4.82. The molecule has 1 aromatic heterocycles. The van der Waals surface area contributed by atoms with Crippen molar-refractivity contribution < 1.29 is 76.8 Å². The Kier molecular flexibility index (Phi) is 23.2. The normalized spacial score (nSPS) is 34.2. The van der Waals surface area contributed by atoms with Crippen LogP contribution in [-0.4, -0.2) is 187 Å². The van der Waals surface area contributed by atoms with E-state index in [1.54, 1.807) is 64.5 Å². The molecule has 20 heteroatoms. The highest BCUT2D eigenvalue weighted by Gasteiger charge is 2.54. The Morgan fingerprint density at radius 1 is 0.959 bits per heavy atom. The molecular weight excluding hydrogens is 961 g/mol. The molecule has 1 aromatic carbocycles. The maximum absolute atomic E-state index is 14.2. The zero-order valence-corrected chi connectivity index (χ0v) is 45.1. The van der Waals surface area contributed by atoms with Crippen LogP contribution in [0, 0.1) is 11.8 Å². The molecule has 3 fully saturated rings. The van der Waals surface area contributed by atoms with E-state index >= 15 is 0 Å². The first-order valence-electron chi connectivity index (χ1n) is 26.0. The second-order valence-corrected chi connectivity index (χ2v) is 20.4. The van der Waals surface area contributed by atoms with E-state index in [0.29, 0.717) is 32.4 Å². The molecule has 0 radical (unpaired) electrons. The van der Waals surface area contributed by atoms with Crippen LogP contribution in [0.5, 0.6) is 0 Å². The van der Waals surface area contributed by atoms with Crippen molar-refractivity contribution in [2.24, 2.45) is 11.8 Å². The lowest BCUT2D eigenvalue weighted by atomic mass is 9.82. The van der Waals surface area contributed by atoms with Crippen molar-refractivity contribution in [2.75, 3.05) is 41.3 Å². The monoisotopic (exact) mass is 1040 g/mol. The highest BCUT2D eigenvalue weighted by atomic mass is 16.7. The molecule has 0 spiro atoms. The summed E-state index contributed by atoms with van der Waals surface area (Å²) < 4.78 is 57.9. The molecule has 20 nitrogen and oxygen atoms in total. The summed E-state index contributed by atoms with van der Waals surface area (Å²) in [7, 11) is 6.80. The number of rotatable bonds is 17. The molecule has 0 amide bonds. The second-order valence-electron chi connectivity index (χ2n) is 20.4. The Hall–Kier alpha value is -4.64. The molecule has 2 aromatic rings. The van der Waals surface area contributed by atoms with Gasteiger partial charge < -0.3 is 67.4 Å². The molecule has 0 aliphatic carbocycles. The smallest absolute Gasteiger partial charge is 0.309 e. The van der Waals surface area contributed by atoms with Gasteiger partial charge in [0, 0.05) is 65.1 Å². The summed E-state index contributed by atoms with van der Waals surface area (Å²) in [6.07, 6.45) is -2.85. The van der Waals surface area contributed by atoms with E-state index in [0.717, 1.165) is 17.5 Å². The molecule has 3 aliphatic rings. The number of aromatic nitrogens is 2. The van der Waals surface area contributed by atoms with Crippen molar-refractivity contribution in [3.05, 3.63) is 54.4 Å². The number of nitrogens with zero attached hydrogens (tertiary/aromatic N) is 4. The van der Waals surface area contributed by atoms with Gasteiger partial charge in [-0.05, 0) is 103 Å². The van der Waals surface area contributed by atoms with Gasteiger partial charge in [0.05, 0.1) is 42.6 Å². The van der Waals surface area contributed by atoms with Crippen molar-refractivity contribution in [3.8, 4) is 5.69 Å². The van der Waals surface area contributed by atoms with E-state index < -0.39 is 127 Å². The fourth-order valence-electron chi connectivity index (χ4n) is 10.4. The van der Waals surface area contributed by atoms with Crippen LogP contribution in [0.25, 0.3) is 11.8 Å². The maximum atomic E-state index is 14.2. The fraction of sp³-hybridized carbons (Fsp3) is 0.704. The Morgan fingerprint density at radius 2 is 1.66 bits per heavy atom. The van der Waals surface area contributed by atoms with Crippen molar-refractivity contribution >= 4 is 36.2 Å². The number of methoxy groups -OCH3 is 1. The summed E-state index contributed by atoms with van der Waals surface area (Å²) in [6.45, 7) is 12.4. The summed E-state index contributed by atoms with van der Waals surface area (Å²) >= 11 is 0. The van der Waals surface area contributed by atoms with Crippen LogP contribution < -0.4 is 0 Å². The lowest BCUT2D eigenvalue weighted by Gasteiger charge is -2.50. The first-order chi connectivity index (χ1) is 35.2. The van der Waals surface area contributed by atoms with E-state index in [4.69, 9.17) is 42.6 Å².